The summed E-state index contributed by atoms with van der Waals surface area (Å²) in [6, 6.07) is 0. The summed E-state index contributed by atoms with van der Waals surface area (Å²) < 4.78 is 0. The Morgan fingerprint density at radius 2 is 2.33 bits per heavy atom. The molecule has 9 heavy (non-hydrogen) atoms. The summed E-state index contributed by atoms with van der Waals surface area (Å²) >= 11 is 0. The predicted octanol–water partition coefficient (Wildman–Crippen LogP) is 1.86. The summed E-state index contributed by atoms with van der Waals surface area (Å²) in [5, 5.41) is 0. The smallest absolute Gasteiger partial charge is 0.0201 e. The van der Waals surface area contributed by atoms with Crippen LogP contribution in [0.1, 0.15) is 20.3 Å². The molecule has 1 nitrogen and oxygen atoms in total. The van der Waals surface area contributed by atoms with E-state index < -0.39 is 0 Å². The molecule has 1 rings (SSSR count). The van der Waals surface area contributed by atoms with Crippen LogP contribution in [0.2, 0.25) is 0 Å². The molecule has 0 saturated carbocycles. The van der Waals surface area contributed by atoms with Crippen molar-refractivity contribution >= 4 is 0 Å². The Hall–Kier alpha value is -0.460. The highest BCUT2D eigenvalue weighted by molar-refractivity contribution is 4.92. The maximum absolute atomic E-state index is 3.90. The number of hydrogen-bond acceptors (Lipinski definition) is 1. The lowest BCUT2D eigenvalue weighted by Gasteiger charge is -2.16. The molecule has 0 unspecified atom stereocenters. The minimum Gasteiger partial charge on any atom is -0.375 e. The largest absolute Gasteiger partial charge is 0.375 e. The molecule has 0 radical (unpaired) electrons. The Morgan fingerprint density at radius 3 is 2.56 bits per heavy atom. The van der Waals surface area contributed by atoms with Crippen molar-refractivity contribution in [1.82, 2.24) is 4.90 Å². The van der Waals surface area contributed by atoms with E-state index in [-0.39, 0.29) is 0 Å². The average Bonchev–Trinajstić information content (AvgIpc) is 2.14. The van der Waals surface area contributed by atoms with Gasteiger partial charge in [0.15, 0.2) is 0 Å². The van der Waals surface area contributed by atoms with Crippen molar-refractivity contribution in [1.29, 1.82) is 0 Å². The van der Waals surface area contributed by atoms with Crippen LogP contribution >= 0.6 is 0 Å². The van der Waals surface area contributed by atoms with E-state index >= 15 is 0 Å². The zero-order valence-electron chi connectivity index (χ0n) is 6.35. The van der Waals surface area contributed by atoms with E-state index in [4.69, 9.17) is 0 Å². The molecule has 1 aliphatic rings. The van der Waals surface area contributed by atoms with Crippen molar-refractivity contribution in [3.63, 3.8) is 0 Å². The minimum absolute atomic E-state index is 0.877. The van der Waals surface area contributed by atoms with Crippen LogP contribution < -0.4 is 0 Å². The van der Waals surface area contributed by atoms with Crippen molar-refractivity contribution in [2.45, 2.75) is 20.3 Å². The third-order valence-electron chi connectivity index (χ3n) is 1.96. The highest BCUT2D eigenvalue weighted by Crippen LogP contribution is 2.17. The normalized spacial score (nSPS) is 26.9. The van der Waals surface area contributed by atoms with E-state index in [1.807, 2.05) is 0 Å². The lowest BCUT2D eigenvalue weighted by atomic mass is 10.2. The van der Waals surface area contributed by atoms with Gasteiger partial charge in [-0.2, -0.15) is 0 Å². The van der Waals surface area contributed by atoms with E-state index in [9.17, 15) is 0 Å². The lowest BCUT2D eigenvalue weighted by Crippen LogP contribution is -2.16. The van der Waals surface area contributed by atoms with Crippen LogP contribution in [0.15, 0.2) is 12.3 Å². The van der Waals surface area contributed by atoms with E-state index in [0.29, 0.717) is 0 Å². The molecule has 0 bridgehead atoms. The van der Waals surface area contributed by atoms with Gasteiger partial charge in [0.25, 0.3) is 0 Å². The molecule has 1 heteroatoms. The molecule has 1 heterocycles. The van der Waals surface area contributed by atoms with Gasteiger partial charge in [-0.1, -0.05) is 13.5 Å². The van der Waals surface area contributed by atoms with Gasteiger partial charge in [0.05, 0.1) is 0 Å². The fourth-order valence-corrected chi connectivity index (χ4v) is 1.28. The number of hydrogen-bond donors (Lipinski definition) is 0. The number of allylic oxidation sites excluding steroid dienone is 1. The average molecular weight is 125 g/mol. The van der Waals surface area contributed by atoms with Crippen molar-refractivity contribution in [3.05, 3.63) is 12.3 Å². The number of rotatable bonds is 1. The van der Waals surface area contributed by atoms with Crippen LogP contribution in [0.4, 0.5) is 0 Å². The standard InChI is InChI=1S/C8H15N/c1-7(2)9-5-4-8(3)6-9/h8H,1,4-6H2,2-3H3/t8-/m1/s1. The molecule has 52 valence electrons. The zero-order chi connectivity index (χ0) is 6.85. The Labute approximate surface area is 57.4 Å². The third-order valence-corrected chi connectivity index (χ3v) is 1.96. The van der Waals surface area contributed by atoms with Crippen LogP contribution in [0.5, 0.6) is 0 Å². The molecule has 0 aliphatic carbocycles. The van der Waals surface area contributed by atoms with Gasteiger partial charge in [0, 0.05) is 18.8 Å². The van der Waals surface area contributed by atoms with Crippen molar-refractivity contribution in [2.24, 2.45) is 5.92 Å². The van der Waals surface area contributed by atoms with Crippen LogP contribution in [0, 0.1) is 5.92 Å². The molecule has 0 N–H and O–H groups in total. The van der Waals surface area contributed by atoms with Gasteiger partial charge in [-0.25, -0.2) is 0 Å². The van der Waals surface area contributed by atoms with Gasteiger partial charge in [0.1, 0.15) is 0 Å². The molecular weight excluding hydrogens is 110 g/mol. The fraction of sp³-hybridized carbons (Fsp3) is 0.750. The van der Waals surface area contributed by atoms with E-state index in [0.717, 1.165) is 5.92 Å². The quantitative estimate of drug-likeness (QED) is 0.517. The van der Waals surface area contributed by atoms with Crippen molar-refractivity contribution in [3.8, 4) is 0 Å². The molecule has 0 spiro atoms. The monoisotopic (exact) mass is 125 g/mol. The molecule has 0 aromatic carbocycles. The SMILES string of the molecule is C=C(C)N1CC[C@@H](C)C1. The van der Waals surface area contributed by atoms with Gasteiger partial charge in [0.2, 0.25) is 0 Å². The predicted molar refractivity (Wildman–Crippen MR) is 40.2 cm³/mol. The van der Waals surface area contributed by atoms with Crippen molar-refractivity contribution in [2.75, 3.05) is 13.1 Å². The van der Waals surface area contributed by atoms with Crippen LogP contribution in [-0.4, -0.2) is 18.0 Å². The molecule has 1 aliphatic heterocycles. The summed E-state index contributed by atoms with van der Waals surface area (Å²) in [6.07, 6.45) is 1.34. The minimum atomic E-state index is 0.877. The summed E-state index contributed by atoms with van der Waals surface area (Å²) in [4.78, 5) is 2.35. The first kappa shape index (κ1) is 6.66. The molecule has 0 aromatic heterocycles. The second-order valence-corrected chi connectivity index (χ2v) is 3.08. The molecule has 0 amide bonds. The first-order valence-corrected chi connectivity index (χ1v) is 3.60. The van der Waals surface area contributed by atoms with Crippen LogP contribution in [0.3, 0.4) is 0 Å². The van der Waals surface area contributed by atoms with Gasteiger partial charge in [-0.15, -0.1) is 0 Å². The van der Waals surface area contributed by atoms with E-state index in [1.54, 1.807) is 0 Å². The van der Waals surface area contributed by atoms with Gasteiger partial charge in [-0.3, -0.25) is 0 Å². The highest BCUT2D eigenvalue weighted by Gasteiger charge is 2.16. The first-order chi connectivity index (χ1) is 4.20. The topological polar surface area (TPSA) is 3.24 Å². The van der Waals surface area contributed by atoms with Gasteiger partial charge >= 0.3 is 0 Å². The Bertz CT molecular complexity index is 118. The first-order valence-electron chi connectivity index (χ1n) is 3.60. The zero-order valence-corrected chi connectivity index (χ0v) is 6.35. The Morgan fingerprint density at radius 1 is 1.67 bits per heavy atom. The second kappa shape index (κ2) is 2.42. The molecule has 0 aromatic rings. The van der Waals surface area contributed by atoms with Crippen LogP contribution in [0.25, 0.3) is 0 Å². The molecular formula is C8H15N. The third kappa shape index (κ3) is 1.47. The summed E-state index contributed by atoms with van der Waals surface area (Å²) in [5.74, 6) is 0.877. The molecule has 1 saturated heterocycles. The number of likely N-dealkylation sites (tertiary alicyclic amines) is 1. The van der Waals surface area contributed by atoms with E-state index in [2.05, 4.69) is 25.3 Å². The van der Waals surface area contributed by atoms with Gasteiger partial charge < -0.3 is 4.90 Å². The molecule has 1 atom stereocenters. The van der Waals surface area contributed by atoms with E-state index in [1.165, 1.54) is 25.2 Å². The summed E-state index contributed by atoms with van der Waals surface area (Å²) in [7, 11) is 0. The lowest BCUT2D eigenvalue weighted by molar-refractivity contribution is 0.413. The summed E-state index contributed by atoms with van der Waals surface area (Å²) in [5.41, 5.74) is 1.22. The van der Waals surface area contributed by atoms with Crippen LogP contribution in [-0.2, 0) is 0 Å². The fourth-order valence-electron chi connectivity index (χ4n) is 1.28. The molecule has 1 fully saturated rings. The Kier molecular flexibility index (Phi) is 1.79. The Balaban J connectivity index is 2.39. The second-order valence-electron chi connectivity index (χ2n) is 3.08. The highest BCUT2D eigenvalue weighted by atomic mass is 15.1. The maximum Gasteiger partial charge on any atom is 0.0201 e. The van der Waals surface area contributed by atoms with Gasteiger partial charge in [-0.05, 0) is 19.3 Å². The summed E-state index contributed by atoms with van der Waals surface area (Å²) in [6.45, 7) is 10.7. The number of nitrogens with zero attached hydrogens (tertiary/aromatic N) is 1. The maximum atomic E-state index is 3.90. The van der Waals surface area contributed by atoms with Crippen molar-refractivity contribution < 1.29 is 0 Å².